The summed E-state index contributed by atoms with van der Waals surface area (Å²) in [5.41, 5.74) is 1.69. The van der Waals surface area contributed by atoms with Crippen LogP contribution in [0.1, 0.15) is 6.92 Å². The molecule has 2 rings (SSSR count). The lowest BCUT2D eigenvalue weighted by Crippen LogP contribution is -2.25. The third-order valence-electron chi connectivity index (χ3n) is 2.23. The van der Waals surface area contributed by atoms with E-state index < -0.39 is 12.0 Å². The van der Waals surface area contributed by atoms with Crippen LogP contribution < -0.4 is 5.32 Å². The molecule has 3 N–H and O–H groups in total. The molecule has 0 aliphatic heterocycles. The van der Waals surface area contributed by atoms with E-state index in [4.69, 9.17) is 5.11 Å². The fraction of sp³-hybridized carbons (Fsp3) is 0.200. The molecule has 0 aliphatic carbocycles. The summed E-state index contributed by atoms with van der Waals surface area (Å²) in [5.74, 6) is -0.881. The molecule has 15 heavy (non-hydrogen) atoms. The largest absolute Gasteiger partial charge is 0.480 e. The van der Waals surface area contributed by atoms with Gasteiger partial charge >= 0.3 is 5.97 Å². The number of hydrogen-bond donors (Lipinski definition) is 3. The van der Waals surface area contributed by atoms with Crippen molar-refractivity contribution in [1.82, 2.24) is 9.97 Å². The molecule has 0 amide bonds. The highest BCUT2D eigenvalue weighted by molar-refractivity contribution is 5.93. The molecule has 5 heteroatoms. The predicted octanol–water partition coefficient (Wildman–Crippen LogP) is 1.45. The van der Waals surface area contributed by atoms with Crippen LogP contribution in [-0.2, 0) is 4.79 Å². The van der Waals surface area contributed by atoms with Crippen molar-refractivity contribution in [3.63, 3.8) is 0 Å². The zero-order chi connectivity index (χ0) is 10.8. The number of carboxylic acid groups (broad SMARTS) is 1. The molecule has 0 aromatic carbocycles. The van der Waals surface area contributed by atoms with Gasteiger partial charge in [-0.1, -0.05) is 0 Å². The molecule has 0 fully saturated rings. The van der Waals surface area contributed by atoms with E-state index in [0.29, 0.717) is 0 Å². The summed E-state index contributed by atoms with van der Waals surface area (Å²) in [6.45, 7) is 1.59. The molecule has 1 atom stereocenters. The molecule has 2 heterocycles. The van der Waals surface area contributed by atoms with Crippen LogP contribution in [0.4, 0.5) is 5.69 Å². The lowest BCUT2D eigenvalue weighted by Gasteiger charge is -2.08. The van der Waals surface area contributed by atoms with Gasteiger partial charge in [0.2, 0.25) is 0 Å². The first-order chi connectivity index (χ1) is 7.18. The topological polar surface area (TPSA) is 78.0 Å². The number of pyridine rings is 1. The molecule has 0 unspecified atom stereocenters. The van der Waals surface area contributed by atoms with E-state index in [9.17, 15) is 4.79 Å². The number of aliphatic carboxylic acids is 1. The highest BCUT2D eigenvalue weighted by Crippen LogP contribution is 2.21. The van der Waals surface area contributed by atoms with Gasteiger partial charge < -0.3 is 15.4 Å². The van der Waals surface area contributed by atoms with Crippen LogP contribution in [0.5, 0.6) is 0 Å². The molecule has 0 saturated heterocycles. The average molecular weight is 205 g/mol. The third kappa shape index (κ3) is 1.76. The predicted molar refractivity (Wildman–Crippen MR) is 56.8 cm³/mol. The van der Waals surface area contributed by atoms with Crippen molar-refractivity contribution in [2.24, 2.45) is 0 Å². The molecular formula is C10H11N3O2. The van der Waals surface area contributed by atoms with Crippen LogP contribution in [0.25, 0.3) is 10.9 Å². The molecule has 0 aliphatic rings. The summed E-state index contributed by atoms with van der Waals surface area (Å²) in [6, 6.07) is 1.22. The van der Waals surface area contributed by atoms with Crippen LogP contribution in [0.2, 0.25) is 0 Å². The number of hydrogen-bond acceptors (Lipinski definition) is 3. The minimum absolute atomic E-state index is 0.621. The first-order valence-corrected chi connectivity index (χ1v) is 4.59. The number of aromatic nitrogens is 2. The Morgan fingerprint density at radius 2 is 2.47 bits per heavy atom. The summed E-state index contributed by atoms with van der Waals surface area (Å²) in [4.78, 5) is 17.7. The van der Waals surface area contributed by atoms with E-state index in [1.165, 1.54) is 0 Å². The van der Waals surface area contributed by atoms with Gasteiger partial charge in [0.1, 0.15) is 6.04 Å². The van der Waals surface area contributed by atoms with Gasteiger partial charge in [-0.25, -0.2) is 0 Å². The van der Waals surface area contributed by atoms with Crippen LogP contribution in [-0.4, -0.2) is 27.1 Å². The smallest absolute Gasteiger partial charge is 0.325 e. The Morgan fingerprint density at radius 1 is 1.67 bits per heavy atom. The Morgan fingerprint density at radius 3 is 3.20 bits per heavy atom. The Hall–Kier alpha value is -2.04. The van der Waals surface area contributed by atoms with E-state index in [2.05, 4.69) is 15.3 Å². The maximum Gasteiger partial charge on any atom is 0.325 e. The van der Waals surface area contributed by atoms with Gasteiger partial charge in [-0.05, 0) is 13.0 Å². The summed E-state index contributed by atoms with van der Waals surface area (Å²) in [7, 11) is 0. The Bertz CT molecular complexity index is 492. The van der Waals surface area contributed by atoms with Crippen molar-refractivity contribution >= 4 is 22.6 Å². The zero-order valence-corrected chi connectivity index (χ0v) is 8.19. The lowest BCUT2D eigenvalue weighted by molar-refractivity contribution is -0.137. The number of carbonyl (C=O) groups is 1. The van der Waals surface area contributed by atoms with Crippen molar-refractivity contribution in [2.75, 3.05) is 5.32 Å². The van der Waals surface area contributed by atoms with Gasteiger partial charge in [-0.15, -0.1) is 0 Å². The SMILES string of the molecule is C[C@H](Nc1c[nH]c2ccncc12)C(=O)O. The molecule has 2 aromatic rings. The minimum atomic E-state index is -0.881. The molecule has 2 aromatic heterocycles. The Kier molecular flexibility index (Phi) is 2.29. The number of rotatable bonds is 3. The molecule has 0 bridgehead atoms. The van der Waals surface area contributed by atoms with Crippen molar-refractivity contribution in [3.05, 3.63) is 24.7 Å². The summed E-state index contributed by atoms with van der Waals surface area (Å²) in [6.07, 6.45) is 5.12. The van der Waals surface area contributed by atoms with E-state index in [0.717, 1.165) is 16.6 Å². The lowest BCUT2D eigenvalue weighted by atomic mass is 10.2. The molecule has 0 spiro atoms. The quantitative estimate of drug-likeness (QED) is 0.708. The van der Waals surface area contributed by atoms with Gasteiger partial charge in [-0.3, -0.25) is 9.78 Å². The second-order valence-corrected chi connectivity index (χ2v) is 3.33. The first-order valence-electron chi connectivity index (χ1n) is 4.59. The number of nitrogens with one attached hydrogen (secondary N) is 2. The van der Waals surface area contributed by atoms with Crippen LogP contribution in [0.15, 0.2) is 24.7 Å². The average Bonchev–Trinajstić information content (AvgIpc) is 2.62. The molecule has 5 nitrogen and oxygen atoms in total. The molecule has 0 saturated carbocycles. The summed E-state index contributed by atoms with van der Waals surface area (Å²) >= 11 is 0. The van der Waals surface area contributed by atoms with Crippen molar-refractivity contribution in [3.8, 4) is 0 Å². The number of fused-ring (bicyclic) bond motifs is 1. The normalized spacial score (nSPS) is 12.6. The van der Waals surface area contributed by atoms with Crippen molar-refractivity contribution in [1.29, 1.82) is 0 Å². The Balaban J connectivity index is 2.32. The van der Waals surface area contributed by atoms with Crippen molar-refractivity contribution in [2.45, 2.75) is 13.0 Å². The first kappa shape index (κ1) is 9.51. The van der Waals surface area contributed by atoms with E-state index in [-0.39, 0.29) is 0 Å². The van der Waals surface area contributed by atoms with Gasteiger partial charge in [-0.2, -0.15) is 0 Å². The van der Waals surface area contributed by atoms with Gasteiger partial charge in [0.25, 0.3) is 0 Å². The van der Waals surface area contributed by atoms with Crippen molar-refractivity contribution < 1.29 is 9.90 Å². The maximum absolute atomic E-state index is 10.7. The highest BCUT2D eigenvalue weighted by atomic mass is 16.4. The maximum atomic E-state index is 10.7. The van der Waals surface area contributed by atoms with Gasteiger partial charge in [0.05, 0.1) is 11.2 Å². The van der Waals surface area contributed by atoms with Gasteiger partial charge in [0, 0.05) is 24.0 Å². The molecule has 78 valence electrons. The number of nitrogens with zero attached hydrogens (tertiary/aromatic N) is 1. The standard InChI is InChI=1S/C10H11N3O2/c1-6(10(14)15)13-9-5-12-8-2-3-11-4-7(8)9/h2-6,12-13H,1H3,(H,14,15)/t6-/m0/s1. The van der Waals surface area contributed by atoms with E-state index in [1.807, 2.05) is 6.07 Å². The highest BCUT2D eigenvalue weighted by Gasteiger charge is 2.12. The van der Waals surface area contributed by atoms with Crippen LogP contribution >= 0.6 is 0 Å². The number of anilines is 1. The molecule has 0 radical (unpaired) electrons. The third-order valence-corrected chi connectivity index (χ3v) is 2.23. The summed E-state index contributed by atoms with van der Waals surface area (Å²) < 4.78 is 0. The van der Waals surface area contributed by atoms with Crippen LogP contribution in [0.3, 0.4) is 0 Å². The zero-order valence-electron chi connectivity index (χ0n) is 8.19. The fourth-order valence-corrected chi connectivity index (χ4v) is 1.38. The number of aromatic amines is 1. The van der Waals surface area contributed by atoms with Crippen LogP contribution in [0, 0.1) is 0 Å². The molecular weight excluding hydrogens is 194 g/mol. The van der Waals surface area contributed by atoms with E-state index in [1.54, 1.807) is 25.5 Å². The van der Waals surface area contributed by atoms with E-state index >= 15 is 0 Å². The number of carboxylic acids is 1. The monoisotopic (exact) mass is 205 g/mol. The second kappa shape index (κ2) is 3.61. The Labute approximate surface area is 86.1 Å². The fourth-order valence-electron chi connectivity index (χ4n) is 1.38. The second-order valence-electron chi connectivity index (χ2n) is 3.33. The minimum Gasteiger partial charge on any atom is -0.480 e. The number of H-pyrrole nitrogens is 1. The van der Waals surface area contributed by atoms with Gasteiger partial charge in [0.15, 0.2) is 0 Å². The summed E-state index contributed by atoms with van der Waals surface area (Å²) in [5, 5.41) is 12.6.